The maximum Gasteiger partial charge on any atom is 0.241 e. The number of amides is 1. The topological polar surface area (TPSA) is 84.5 Å². The van der Waals surface area contributed by atoms with E-state index < -0.39 is 22.0 Å². The normalized spacial score (nSPS) is 12.2. The van der Waals surface area contributed by atoms with Crippen molar-refractivity contribution in [1.82, 2.24) is 10.0 Å². The summed E-state index contributed by atoms with van der Waals surface area (Å²) in [6.07, 6.45) is 0.144. The number of hydrogen-bond acceptors (Lipinski definition) is 4. The zero-order chi connectivity index (χ0) is 24.7. The molecule has 180 valence electrons. The van der Waals surface area contributed by atoms with Crippen molar-refractivity contribution in [3.63, 3.8) is 0 Å². The third kappa shape index (κ3) is 7.10. The van der Waals surface area contributed by atoms with Crippen LogP contribution in [0, 0.1) is 0 Å². The van der Waals surface area contributed by atoms with E-state index in [-0.39, 0.29) is 22.9 Å². The van der Waals surface area contributed by atoms with Gasteiger partial charge in [0.2, 0.25) is 15.9 Å². The summed E-state index contributed by atoms with van der Waals surface area (Å²) >= 11 is 18.3. The Bertz CT molecular complexity index is 1250. The van der Waals surface area contributed by atoms with Gasteiger partial charge in [0.25, 0.3) is 0 Å². The molecule has 0 aliphatic carbocycles. The van der Waals surface area contributed by atoms with E-state index in [0.29, 0.717) is 28.0 Å². The minimum Gasteiger partial charge on any atom is -0.492 e. The Kier molecular flexibility index (Phi) is 9.22. The lowest BCUT2D eigenvalue weighted by atomic mass is 10.1. The van der Waals surface area contributed by atoms with Gasteiger partial charge in [0.1, 0.15) is 11.8 Å². The van der Waals surface area contributed by atoms with Gasteiger partial charge in [0.05, 0.1) is 16.5 Å². The highest BCUT2D eigenvalue weighted by Crippen LogP contribution is 2.27. The number of hydrogen-bond donors (Lipinski definition) is 2. The molecular weight excluding hydrogens is 519 g/mol. The summed E-state index contributed by atoms with van der Waals surface area (Å²) in [5, 5.41) is 3.79. The number of nitrogens with one attached hydrogen (secondary N) is 2. The monoisotopic (exact) mass is 540 g/mol. The molecule has 0 saturated heterocycles. The first-order valence-electron chi connectivity index (χ1n) is 10.4. The summed E-state index contributed by atoms with van der Waals surface area (Å²) in [5.74, 6) is -0.128. The maximum atomic E-state index is 13.1. The van der Waals surface area contributed by atoms with E-state index in [2.05, 4.69) is 10.0 Å². The van der Waals surface area contributed by atoms with Crippen molar-refractivity contribution in [1.29, 1.82) is 0 Å². The van der Waals surface area contributed by atoms with E-state index in [0.717, 1.165) is 5.56 Å². The Morgan fingerprint density at radius 1 is 0.971 bits per heavy atom. The summed E-state index contributed by atoms with van der Waals surface area (Å²) in [4.78, 5) is 13.0. The number of benzene rings is 3. The quantitative estimate of drug-likeness (QED) is 0.367. The van der Waals surface area contributed by atoms with Gasteiger partial charge in [-0.2, -0.15) is 4.72 Å². The molecule has 3 aromatic carbocycles. The Balaban J connectivity index is 1.82. The zero-order valence-electron chi connectivity index (χ0n) is 18.2. The average molecular weight is 542 g/mol. The number of carbonyl (C=O) groups excluding carboxylic acids is 1. The highest BCUT2D eigenvalue weighted by molar-refractivity contribution is 7.89. The Morgan fingerprint density at radius 2 is 1.71 bits per heavy atom. The van der Waals surface area contributed by atoms with Crippen molar-refractivity contribution >= 4 is 50.7 Å². The molecule has 0 fully saturated rings. The van der Waals surface area contributed by atoms with Crippen LogP contribution in [0.3, 0.4) is 0 Å². The fraction of sp³-hybridized carbons (Fsp3) is 0.208. The average Bonchev–Trinajstić information content (AvgIpc) is 2.80. The van der Waals surface area contributed by atoms with Gasteiger partial charge in [-0.15, -0.1) is 0 Å². The van der Waals surface area contributed by atoms with Crippen LogP contribution in [0.2, 0.25) is 15.1 Å². The molecule has 10 heteroatoms. The Morgan fingerprint density at radius 3 is 2.35 bits per heavy atom. The molecule has 0 bridgehead atoms. The van der Waals surface area contributed by atoms with Crippen molar-refractivity contribution in [2.24, 2.45) is 0 Å². The number of rotatable bonds is 10. The first-order valence-corrected chi connectivity index (χ1v) is 13.0. The molecule has 0 radical (unpaired) electrons. The van der Waals surface area contributed by atoms with E-state index in [1.165, 1.54) is 18.2 Å². The molecule has 0 saturated carbocycles. The van der Waals surface area contributed by atoms with Crippen molar-refractivity contribution in [3.8, 4) is 5.75 Å². The molecular formula is C24H23Cl3N2O4S. The van der Waals surface area contributed by atoms with Crippen LogP contribution >= 0.6 is 34.8 Å². The molecule has 0 aromatic heterocycles. The largest absolute Gasteiger partial charge is 0.492 e. The SMILES string of the molecule is CCOc1ccc(S(=O)(=O)N[C@@H](Cc2ccccc2)C(=O)NCc2ccc(Cl)cc2Cl)cc1Cl. The van der Waals surface area contributed by atoms with Crippen LogP contribution in [0.15, 0.2) is 71.6 Å². The minimum atomic E-state index is -4.07. The maximum absolute atomic E-state index is 13.1. The second-order valence-electron chi connectivity index (χ2n) is 7.34. The number of ether oxygens (including phenoxy) is 1. The standard InChI is InChI=1S/C24H23Cl3N2O4S/c1-2-33-23-11-10-19(14-21(23)27)34(31,32)29-22(12-16-6-4-3-5-7-16)24(30)28-15-17-8-9-18(25)13-20(17)26/h3-11,13-14,22,29H,2,12,15H2,1H3,(H,28,30)/t22-/m0/s1. The molecule has 1 amide bonds. The van der Waals surface area contributed by atoms with Gasteiger partial charge in [-0.1, -0.05) is 71.2 Å². The van der Waals surface area contributed by atoms with Crippen LogP contribution in [0.25, 0.3) is 0 Å². The van der Waals surface area contributed by atoms with Gasteiger partial charge < -0.3 is 10.1 Å². The van der Waals surface area contributed by atoms with Crippen LogP contribution in [-0.2, 0) is 27.8 Å². The lowest BCUT2D eigenvalue weighted by Crippen LogP contribution is -2.47. The van der Waals surface area contributed by atoms with Gasteiger partial charge in [0.15, 0.2) is 0 Å². The van der Waals surface area contributed by atoms with Crippen LogP contribution in [0.5, 0.6) is 5.75 Å². The van der Waals surface area contributed by atoms with E-state index in [9.17, 15) is 13.2 Å². The van der Waals surface area contributed by atoms with Crippen LogP contribution in [0.4, 0.5) is 0 Å². The summed E-state index contributed by atoms with van der Waals surface area (Å²) in [7, 11) is -4.07. The highest BCUT2D eigenvalue weighted by Gasteiger charge is 2.27. The second-order valence-corrected chi connectivity index (χ2v) is 10.3. The van der Waals surface area contributed by atoms with Crippen molar-refractivity contribution in [2.45, 2.75) is 30.8 Å². The van der Waals surface area contributed by atoms with Crippen molar-refractivity contribution in [2.75, 3.05) is 6.61 Å². The molecule has 1 atom stereocenters. The minimum absolute atomic E-state index is 0.0763. The van der Waals surface area contributed by atoms with E-state index >= 15 is 0 Å². The predicted octanol–water partition coefficient (Wildman–Crippen LogP) is 5.25. The van der Waals surface area contributed by atoms with Gasteiger partial charge >= 0.3 is 0 Å². The smallest absolute Gasteiger partial charge is 0.241 e. The van der Waals surface area contributed by atoms with E-state index in [1.54, 1.807) is 25.1 Å². The molecule has 3 aromatic rings. The number of halogens is 3. The molecule has 0 spiro atoms. The lowest BCUT2D eigenvalue weighted by molar-refractivity contribution is -0.122. The van der Waals surface area contributed by atoms with Crippen molar-refractivity contribution in [3.05, 3.63) is 92.9 Å². The third-order valence-electron chi connectivity index (χ3n) is 4.88. The second kappa shape index (κ2) is 11.9. The molecule has 2 N–H and O–H groups in total. The van der Waals surface area contributed by atoms with E-state index in [4.69, 9.17) is 39.5 Å². The van der Waals surface area contributed by atoms with Crippen LogP contribution in [0.1, 0.15) is 18.1 Å². The molecule has 0 unspecified atom stereocenters. The Labute approximate surface area is 214 Å². The molecule has 6 nitrogen and oxygen atoms in total. The fourth-order valence-corrected chi connectivity index (χ4v) is 5.18. The molecule has 0 aliphatic heterocycles. The summed E-state index contributed by atoms with van der Waals surface area (Å²) < 4.78 is 34.1. The predicted molar refractivity (Wildman–Crippen MR) is 135 cm³/mol. The zero-order valence-corrected chi connectivity index (χ0v) is 21.3. The van der Waals surface area contributed by atoms with Crippen LogP contribution < -0.4 is 14.8 Å². The number of sulfonamides is 1. The molecule has 34 heavy (non-hydrogen) atoms. The first kappa shape index (κ1) is 26.3. The first-order chi connectivity index (χ1) is 16.2. The van der Waals surface area contributed by atoms with Crippen molar-refractivity contribution < 1.29 is 17.9 Å². The number of carbonyl (C=O) groups is 1. The summed E-state index contributed by atoms with van der Waals surface area (Å²) in [5.41, 5.74) is 1.44. The summed E-state index contributed by atoms with van der Waals surface area (Å²) in [6.45, 7) is 2.30. The lowest BCUT2D eigenvalue weighted by Gasteiger charge is -2.19. The third-order valence-corrected chi connectivity index (χ3v) is 7.23. The van der Waals surface area contributed by atoms with Gasteiger partial charge in [-0.3, -0.25) is 4.79 Å². The fourth-order valence-electron chi connectivity index (χ4n) is 3.18. The van der Waals surface area contributed by atoms with Gasteiger partial charge in [0, 0.05) is 16.6 Å². The Hall–Kier alpha value is -2.29. The highest BCUT2D eigenvalue weighted by atomic mass is 35.5. The van der Waals surface area contributed by atoms with Gasteiger partial charge in [-0.25, -0.2) is 8.42 Å². The molecule has 0 heterocycles. The summed E-state index contributed by atoms with van der Waals surface area (Å²) in [6, 6.07) is 17.1. The molecule has 3 rings (SSSR count). The van der Waals surface area contributed by atoms with Gasteiger partial charge in [-0.05, 0) is 54.8 Å². The van der Waals surface area contributed by atoms with Crippen LogP contribution in [-0.4, -0.2) is 27.0 Å². The van der Waals surface area contributed by atoms with E-state index in [1.807, 2.05) is 30.3 Å². The molecule has 0 aliphatic rings.